The van der Waals surface area contributed by atoms with Crippen LogP contribution in [0.1, 0.15) is 155 Å². The van der Waals surface area contributed by atoms with E-state index < -0.39 is 10.4 Å². The van der Waals surface area contributed by atoms with Crippen molar-refractivity contribution in [2.75, 3.05) is 35.5 Å². The second kappa shape index (κ2) is 88.9. The number of rotatable bonds is 6. The van der Waals surface area contributed by atoms with Crippen LogP contribution in [0.15, 0.2) is 132 Å². The number of benzene rings is 4. The number of hydrogen-bond donors (Lipinski definition) is 3. The average Bonchev–Trinajstić information content (AvgIpc) is 3.34. The Balaban J connectivity index is -0.0000000510. The Bertz CT molecular complexity index is 1420. The fourth-order valence-corrected chi connectivity index (χ4v) is 3.04. The minimum atomic E-state index is -4.16. The number of carbonyl (C=O) groups excluding carboxylic acids is 1. The first-order chi connectivity index (χ1) is 31.4. The van der Waals surface area contributed by atoms with Crippen molar-refractivity contribution in [3.05, 3.63) is 144 Å². The fraction of sp³-hybridized carbons (Fsp3) is 0.509. The first-order valence-electron chi connectivity index (χ1n) is 22.3. The largest absolute Gasteiger partial charge is 0.400 e. The summed E-state index contributed by atoms with van der Waals surface area (Å²) in [4.78, 5) is 22.0. The van der Waals surface area contributed by atoms with Crippen LogP contribution in [0.2, 0.25) is 0 Å². The molecule has 0 fully saturated rings. The highest BCUT2D eigenvalue weighted by Crippen LogP contribution is 1.98. The van der Waals surface area contributed by atoms with Gasteiger partial charge in [-0.15, -0.1) is 0 Å². The van der Waals surface area contributed by atoms with Crippen LogP contribution in [0.3, 0.4) is 0 Å². The standard InChI is InChI=1S/3C8H10.C7H8.2C4H9NO.C3H6O.4C2H6.CH5NO.CH4O4S.CH4O.2CH4/c3*1-2-8-6-4-3-5-7-8;1-7-5-3-2-4-6-7;2*1-4(2)5-6-3;1-3(2)4;4*1-2;1-3-2;1-5-6(2,3)4;1-2;;/h3*3-7H,2H2,1H3;2-6H,1H3;2*1-3H3;1-2H3;4*1-2H3;2H2,1H3;1H3,(H,2,3,4);2H,1H3;2*1H4. The smallest absolute Gasteiger partial charge is 0.397 e. The molecule has 0 saturated carbocycles. The van der Waals surface area contributed by atoms with E-state index in [1.807, 2.05) is 119 Å². The molecule has 0 radical (unpaired) electrons. The normalized spacial score (nSPS) is 7.50. The van der Waals surface area contributed by atoms with E-state index in [2.05, 4.69) is 148 Å². The van der Waals surface area contributed by atoms with Gasteiger partial charge in [0.2, 0.25) is 0 Å². The molecule has 0 spiro atoms. The monoisotopic (exact) mass is 986 g/mol. The average molecular weight is 987 g/mol. The van der Waals surface area contributed by atoms with Gasteiger partial charge in [-0.1, -0.05) is 228 Å². The van der Waals surface area contributed by atoms with E-state index in [9.17, 15) is 13.2 Å². The van der Waals surface area contributed by atoms with E-state index in [1.54, 1.807) is 0 Å². The molecule has 0 aliphatic heterocycles. The predicted octanol–water partition coefficient (Wildman–Crippen LogP) is 15.3. The molecule has 0 bridgehead atoms. The van der Waals surface area contributed by atoms with Gasteiger partial charge in [0.1, 0.15) is 20.0 Å². The number of oxime groups is 2. The summed E-state index contributed by atoms with van der Waals surface area (Å²) in [7, 11) is 2.18. The second-order valence-corrected chi connectivity index (χ2v) is 12.5. The van der Waals surface area contributed by atoms with Crippen molar-refractivity contribution in [3.63, 3.8) is 0 Å². The number of ketones is 1. The van der Waals surface area contributed by atoms with Gasteiger partial charge < -0.3 is 24.4 Å². The molecule has 0 atom stereocenters. The number of Topliss-reactive ketones (excluding diaryl/α,β-unsaturated/α-hetero) is 1. The molecule has 0 aliphatic rings. The predicted molar refractivity (Wildman–Crippen MR) is 303 cm³/mol. The Morgan fingerprint density at radius 1 is 0.500 bits per heavy atom. The van der Waals surface area contributed by atoms with E-state index in [4.69, 9.17) is 9.66 Å². The highest BCUT2D eigenvalue weighted by Gasteiger charge is 1.94. The lowest BCUT2D eigenvalue weighted by molar-refractivity contribution is -0.115. The fourth-order valence-electron chi connectivity index (χ4n) is 3.04. The third-order valence-electron chi connectivity index (χ3n) is 5.45. The third kappa shape index (κ3) is 125. The van der Waals surface area contributed by atoms with Crippen LogP contribution in [0.5, 0.6) is 0 Å². The van der Waals surface area contributed by atoms with E-state index >= 15 is 0 Å². The van der Waals surface area contributed by atoms with Crippen molar-refractivity contribution in [1.29, 1.82) is 0 Å². The lowest BCUT2D eigenvalue weighted by Crippen LogP contribution is -1.96. The zero-order chi connectivity index (χ0) is 54.0. The van der Waals surface area contributed by atoms with Crippen molar-refractivity contribution in [3.8, 4) is 0 Å². The van der Waals surface area contributed by atoms with Crippen LogP contribution in [0, 0.1) is 6.92 Å². The first kappa shape index (κ1) is 93.3. The first-order valence-corrected chi connectivity index (χ1v) is 23.7. The number of aliphatic hydroxyl groups is 1. The summed E-state index contributed by atoms with van der Waals surface area (Å²) in [5.74, 6) is 4.51. The number of hydrogen-bond acceptors (Lipinski definition) is 11. The summed E-state index contributed by atoms with van der Waals surface area (Å²) in [6, 6.07) is 41.6. The number of nitrogens with zero attached hydrogens (tertiary/aromatic N) is 2. The van der Waals surface area contributed by atoms with Crippen LogP contribution in [-0.4, -0.2) is 70.8 Å². The summed E-state index contributed by atoms with van der Waals surface area (Å²) in [6.07, 6.45) is 3.42. The third-order valence-corrected chi connectivity index (χ3v) is 5.87. The van der Waals surface area contributed by atoms with Crippen molar-refractivity contribution < 1.29 is 41.6 Å². The Morgan fingerprint density at radius 2 is 0.662 bits per heavy atom. The van der Waals surface area contributed by atoms with Crippen LogP contribution in [-0.2, 0) is 53.2 Å². The van der Waals surface area contributed by atoms with Crippen molar-refractivity contribution in [1.82, 2.24) is 0 Å². The molecule has 4 rings (SSSR count). The van der Waals surface area contributed by atoms with E-state index in [0.29, 0.717) is 0 Å². The minimum Gasteiger partial charge on any atom is -0.400 e. The molecule has 13 heteroatoms. The van der Waals surface area contributed by atoms with Crippen LogP contribution in [0.4, 0.5) is 0 Å². The zero-order valence-electron chi connectivity index (χ0n) is 45.8. The van der Waals surface area contributed by atoms with Crippen LogP contribution >= 0.6 is 0 Å². The van der Waals surface area contributed by atoms with E-state index in [0.717, 1.165) is 44.9 Å². The molecule has 4 N–H and O–H groups in total. The Kier molecular flexibility index (Phi) is 122. The van der Waals surface area contributed by atoms with Crippen LogP contribution < -0.4 is 5.90 Å². The molecule has 0 unspecified atom stereocenters. The lowest BCUT2D eigenvalue weighted by atomic mass is 10.2. The van der Waals surface area contributed by atoms with Gasteiger partial charge in [0.15, 0.2) is 0 Å². The zero-order valence-corrected chi connectivity index (χ0v) is 46.6. The van der Waals surface area contributed by atoms with Gasteiger partial charge in [-0.05, 0) is 84.4 Å². The van der Waals surface area contributed by atoms with Crippen molar-refractivity contribution in [2.24, 2.45) is 16.2 Å². The molecule has 12 nitrogen and oxygen atoms in total. The van der Waals surface area contributed by atoms with Gasteiger partial charge in [0, 0.05) is 7.11 Å². The van der Waals surface area contributed by atoms with E-state index in [-0.39, 0.29) is 20.6 Å². The Morgan fingerprint density at radius 3 is 0.721 bits per heavy atom. The maximum atomic E-state index is 9.44. The molecule has 68 heavy (non-hydrogen) atoms. The summed E-state index contributed by atoms with van der Waals surface area (Å²) in [5, 5.41) is 14.1. The minimum absolute atomic E-state index is 0. The Labute approximate surface area is 421 Å². The number of nitrogens with two attached hydrogens (primary N) is 1. The summed E-state index contributed by atoms with van der Waals surface area (Å²) < 4.78 is 29.7. The number of carbonyl (C=O) groups is 1. The van der Waals surface area contributed by atoms with Crippen molar-refractivity contribution in [2.45, 2.75) is 159 Å². The van der Waals surface area contributed by atoms with Crippen molar-refractivity contribution >= 4 is 27.6 Å². The van der Waals surface area contributed by atoms with E-state index in [1.165, 1.54) is 57.4 Å². The van der Waals surface area contributed by atoms with Gasteiger partial charge in [-0.3, -0.25) is 8.74 Å². The summed E-state index contributed by atoms with van der Waals surface area (Å²) in [6.45, 7) is 35.1. The lowest BCUT2D eigenvalue weighted by Gasteiger charge is -1.89. The number of aliphatic hydroxyl groups excluding tert-OH is 1. The topological polar surface area (TPSA) is 179 Å². The molecular weight excluding hydrogens is 879 g/mol. The summed E-state index contributed by atoms with van der Waals surface area (Å²) in [5.41, 5.74) is 7.44. The highest BCUT2D eigenvalue weighted by atomic mass is 32.3. The van der Waals surface area contributed by atoms with Gasteiger partial charge >= 0.3 is 10.4 Å². The molecule has 0 saturated heterocycles. The molecule has 0 amide bonds. The van der Waals surface area contributed by atoms with Crippen LogP contribution in [0.25, 0.3) is 0 Å². The molecule has 0 heterocycles. The van der Waals surface area contributed by atoms with Gasteiger partial charge in [-0.2, -0.15) is 8.42 Å². The molecular formula is C55H107N3O9S. The molecule has 0 aliphatic carbocycles. The molecule has 0 aromatic heterocycles. The Hall–Kier alpha value is -4.76. The second-order valence-electron chi connectivity index (χ2n) is 11.4. The highest BCUT2D eigenvalue weighted by molar-refractivity contribution is 7.80. The molecule has 402 valence electrons. The number of aryl methyl sites for hydroxylation is 4. The van der Waals surface area contributed by atoms with Gasteiger partial charge in [0.05, 0.1) is 25.6 Å². The summed E-state index contributed by atoms with van der Waals surface area (Å²) >= 11 is 0. The molecule has 4 aromatic rings. The maximum Gasteiger partial charge on any atom is 0.397 e. The maximum absolute atomic E-state index is 9.44. The molecule has 4 aromatic carbocycles. The van der Waals surface area contributed by atoms with Gasteiger partial charge in [0.25, 0.3) is 0 Å². The quantitative estimate of drug-likeness (QED) is 0.0956. The SMILES string of the molecule is C.C.CC.CC.CC.CC.CC(C)=O.CCc1ccccc1.CCc1ccccc1.CCc1ccccc1.CO.CON.CON=C(C)C.CON=C(C)C.COS(=O)(=O)O.Cc1ccccc1. The van der Waals surface area contributed by atoms with Gasteiger partial charge in [-0.25, -0.2) is 5.90 Å².